The summed E-state index contributed by atoms with van der Waals surface area (Å²) >= 11 is 0. The second-order valence-electron chi connectivity index (χ2n) is 5.54. The lowest BCUT2D eigenvalue weighted by Gasteiger charge is -2.27. The fourth-order valence-electron chi connectivity index (χ4n) is 1.66. The predicted molar refractivity (Wildman–Crippen MR) is 71.1 cm³/mol. The number of aryl methyl sites for hydroxylation is 2. The van der Waals surface area contributed by atoms with Gasteiger partial charge in [-0.05, 0) is 19.3 Å². The summed E-state index contributed by atoms with van der Waals surface area (Å²) in [5.41, 5.74) is 1.35. The van der Waals surface area contributed by atoms with Crippen LogP contribution >= 0.6 is 0 Å². The molecule has 0 aliphatic carbocycles. The normalized spacial score (nSPS) is 12.9. The Hall–Kier alpha value is -2.05. The molecule has 2 amide bonds. The van der Waals surface area contributed by atoms with Crippen LogP contribution in [0.5, 0.6) is 0 Å². The maximum Gasteiger partial charge on any atom is 0.326 e. The van der Waals surface area contributed by atoms with Gasteiger partial charge in [0.25, 0.3) is 0 Å². The van der Waals surface area contributed by atoms with Crippen molar-refractivity contribution in [2.75, 3.05) is 5.32 Å². The quantitative estimate of drug-likeness (QED) is 0.668. The van der Waals surface area contributed by atoms with E-state index in [4.69, 9.17) is 5.11 Å². The molecule has 0 bridgehead atoms. The number of anilines is 1. The number of amides is 2. The standard InChI is InChI=1S/C12H20N4O3/c1-6-8(7(2)16-15-6)13-11(19)14-9(10(17)18)12(3,4)5/h9H,1-5H3,(H,15,16)(H,17,18)(H2,13,14,19)/t9-/m1/s1. The minimum absolute atomic E-state index is 0.560. The lowest BCUT2D eigenvalue weighted by molar-refractivity contribution is -0.141. The third-order valence-electron chi connectivity index (χ3n) is 2.76. The summed E-state index contributed by atoms with van der Waals surface area (Å²) in [4.78, 5) is 23.0. The van der Waals surface area contributed by atoms with E-state index < -0.39 is 23.5 Å². The highest BCUT2D eigenvalue weighted by Gasteiger charge is 2.32. The molecule has 1 rings (SSSR count). The van der Waals surface area contributed by atoms with Gasteiger partial charge in [0.15, 0.2) is 0 Å². The summed E-state index contributed by atoms with van der Waals surface area (Å²) < 4.78 is 0. The Bertz CT molecular complexity index is 468. The van der Waals surface area contributed by atoms with Crippen molar-refractivity contribution in [3.63, 3.8) is 0 Å². The van der Waals surface area contributed by atoms with Crippen molar-refractivity contribution < 1.29 is 14.7 Å². The number of H-pyrrole nitrogens is 1. The number of hydrogen-bond acceptors (Lipinski definition) is 3. The lowest BCUT2D eigenvalue weighted by Crippen LogP contribution is -2.50. The summed E-state index contributed by atoms with van der Waals surface area (Å²) in [6.07, 6.45) is 0. The van der Waals surface area contributed by atoms with Crippen LogP contribution in [0.25, 0.3) is 0 Å². The molecule has 0 spiro atoms. The van der Waals surface area contributed by atoms with E-state index in [1.807, 2.05) is 0 Å². The monoisotopic (exact) mass is 268 g/mol. The lowest BCUT2D eigenvalue weighted by atomic mass is 9.87. The van der Waals surface area contributed by atoms with Crippen LogP contribution in [0.4, 0.5) is 10.5 Å². The van der Waals surface area contributed by atoms with Crippen LogP contribution in [-0.4, -0.2) is 33.3 Å². The highest BCUT2D eigenvalue weighted by Crippen LogP contribution is 2.20. The number of urea groups is 1. The number of carboxylic acids is 1. The molecule has 4 N–H and O–H groups in total. The first-order valence-electron chi connectivity index (χ1n) is 5.95. The molecule has 1 aromatic heterocycles. The second kappa shape index (κ2) is 5.29. The smallest absolute Gasteiger partial charge is 0.326 e. The van der Waals surface area contributed by atoms with Crippen LogP contribution < -0.4 is 10.6 Å². The highest BCUT2D eigenvalue weighted by atomic mass is 16.4. The first kappa shape index (κ1) is 15.0. The molecule has 0 aromatic carbocycles. The van der Waals surface area contributed by atoms with Crippen LogP contribution in [-0.2, 0) is 4.79 Å². The second-order valence-corrected chi connectivity index (χ2v) is 5.54. The average Bonchev–Trinajstić information content (AvgIpc) is 2.55. The first-order chi connectivity index (χ1) is 8.62. The largest absolute Gasteiger partial charge is 0.480 e. The van der Waals surface area contributed by atoms with Crippen LogP contribution in [0.1, 0.15) is 32.2 Å². The van der Waals surface area contributed by atoms with Gasteiger partial charge in [0.1, 0.15) is 6.04 Å². The van der Waals surface area contributed by atoms with Gasteiger partial charge in [-0.3, -0.25) is 5.10 Å². The Balaban J connectivity index is 2.77. The van der Waals surface area contributed by atoms with Crippen molar-refractivity contribution in [3.05, 3.63) is 11.4 Å². The molecule has 0 aliphatic rings. The molecule has 0 fully saturated rings. The van der Waals surface area contributed by atoms with Crippen molar-refractivity contribution in [3.8, 4) is 0 Å². The maximum atomic E-state index is 11.8. The fourth-order valence-corrected chi connectivity index (χ4v) is 1.66. The predicted octanol–water partition coefficient (Wildman–Crippen LogP) is 1.65. The van der Waals surface area contributed by atoms with E-state index in [0.717, 1.165) is 5.69 Å². The van der Waals surface area contributed by atoms with Gasteiger partial charge in [0.2, 0.25) is 0 Å². The van der Waals surface area contributed by atoms with E-state index >= 15 is 0 Å². The molecule has 0 radical (unpaired) electrons. The first-order valence-corrected chi connectivity index (χ1v) is 5.95. The van der Waals surface area contributed by atoms with Crippen LogP contribution in [0.15, 0.2) is 0 Å². The van der Waals surface area contributed by atoms with Gasteiger partial charge in [-0.25, -0.2) is 9.59 Å². The Morgan fingerprint density at radius 2 is 1.89 bits per heavy atom. The molecule has 0 saturated carbocycles. The summed E-state index contributed by atoms with van der Waals surface area (Å²) in [5, 5.41) is 20.9. The fraction of sp³-hybridized carbons (Fsp3) is 0.583. The zero-order chi connectivity index (χ0) is 14.8. The van der Waals surface area contributed by atoms with E-state index in [1.54, 1.807) is 34.6 Å². The van der Waals surface area contributed by atoms with Crippen LogP contribution in [0, 0.1) is 19.3 Å². The van der Waals surface area contributed by atoms with Gasteiger partial charge in [0.05, 0.1) is 17.1 Å². The van der Waals surface area contributed by atoms with E-state index in [-0.39, 0.29) is 0 Å². The average molecular weight is 268 g/mol. The third-order valence-corrected chi connectivity index (χ3v) is 2.76. The molecule has 1 atom stereocenters. The molecule has 7 heteroatoms. The molecule has 106 valence electrons. The number of aliphatic carboxylic acids is 1. The van der Waals surface area contributed by atoms with Crippen molar-refractivity contribution in [2.45, 2.75) is 40.7 Å². The molecular weight excluding hydrogens is 248 g/mol. The summed E-state index contributed by atoms with van der Waals surface area (Å²) in [5.74, 6) is -1.07. The summed E-state index contributed by atoms with van der Waals surface area (Å²) in [6.45, 7) is 8.77. The van der Waals surface area contributed by atoms with Crippen molar-refractivity contribution in [1.29, 1.82) is 0 Å². The van der Waals surface area contributed by atoms with Crippen LogP contribution in [0.2, 0.25) is 0 Å². The molecular formula is C12H20N4O3. The highest BCUT2D eigenvalue weighted by molar-refractivity contribution is 5.93. The van der Waals surface area contributed by atoms with Gasteiger partial charge >= 0.3 is 12.0 Å². The molecule has 0 aliphatic heterocycles. The van der Waals surface area contributed by atoms with E-state index in [9.17, 15) is 9.59 Å². The van der Waals surface area contributed by atoms with E-state index in [2.05, 4.69) is 20.8 Å². The number of aromatic nitrogens is 2. The zero-order valence-electron chi connectivity index (χ0n) is 11.8. The maximum absolute atomic E-state index is 11.8. The number of carbonyl (C=O) groups is 2. The number of nitrogens with zero attached hydrogens (tertiary/aromatic N) is 1. The number of nitrogens with one attached hydrogen (secondary N) is 3. The van der Waals surface area contributed by atoms with Gasteiger partial charge in [-0.15, -0.1) is 0 Å². The molecule has 0 unspecified atom stereocenters. The van der Waals surface area contributed by atoms with Gasteiger partial charge < -0.3 is 15.7 Å². The van der Waals surface area contributed by atoms with Crippen molar-refractivity contribution in [1.82, 2.24) is 15.5 Å². The van der Waals surface area contributed by atoms with E-state index in [0.29, 0.717) is 11.4 Å². The molecule has 1 aromatic rings. The Morgan fingerprint density at radius 3 is 2.26 bits per heavy atom. The summed E-state index contributed by atoms with van der Waals surface area (Å²) in [6, 6.07) is -1.53. The number of carbonyl (C=O) groups excluding carboxylic acids is 1. The van der Waals surface area contributed by atoms with Gasteiger partial charge in [-0.1, -0.05) is 20.8 Å². The van der Waals surface area contributed by atoms with Gasteiger partial charge in [0, 0.05) is 0 Å². The third kappa shape index (κ3) is 3.70. The number of rotatable bonds is 3. The minimum atomic E-state index is -1.07. The topological polar surface area (TPSA) is 107 Å². The number of hydrogen-bond donors (Lipinski definition) is 4. The molecule has 0 saturated heterocycles. The Kier molecular flexibility index (Phi) is 4.18. The number of aromatic amines is 1. The molecule has 1 heterocycles. The number of carboxylic acid groups (broad SMARTS) is 1. The molecule has 19 heavy (non-hydrogen) atoms. The Labute approximate surface area is 111 Å². The van der Waals surface area contributed by atoms with Crippen LogP contribution in [0.3, 0.4) is 0 Å². The van der Waals surface area contributed by atoms with Gasteiger partial charge in [-0.2, -0.15) is 5.10 Å². The SMILES string of the molecule is Cc1n[nH]c(C)c1NC(=O)N[C@H](C(=O)O)C(C)(C)C. The summed E-state index contributed by atoms with van der Waals surface area (Å²) in [7, 11) is 0. The Morgan fingerprint density at radius 1 is 1.32 bits per heavy atom. The zero-order valence-corrected chi connectivity index (χ0v) is 11.8. The van der Waals surface area contributed by atoms with Crippen molar-refractivity contribution >= 4 is 17.7 Å². The van der Waals surface area contributed by atoms with E-state index in [1.165, 1.54) is 0 Å². The van der Waals surface area contributed by atoms with Crippen molar-refractivity contribution in [2.24, 2.45) is 5.41 Å². The minimum Gasteiger partial charge on any atom is -0.480 e. The molecule has 7 nitrogen and oxygen atoms in total.